The second-order valence-corrected chi connectivity index (χ2v) is 6.06. The highest BCUT2D eigenvalue weighted by Crippen LogP contribution is 2.32. The third kappa shape index (κ3) is 2.59. The first kappa shape index (κ1) is 13.9. The predicted octanol–water partition coefficient (Wildman–Crippen LogP) is 4.94. The lowest BCUT2D eigenvalue weighted by Crippen LogP contribution is -1.98. The van der Waals surface area contributed by atoms with E-state index < -0.39 is 0 Å². The van der Waals surface area contributed by atoms with E-state index in [0.717, 1.165) is 26.8 Å². The van der Waals surface area contributed by atoms with Crippen LogP contribution >= 0.6 is 15.9 Å². The first-order chi connectivity index (χ1) is 10.1. The smallest absolute Gasteiger partial charge is 0.0951 e. The maximum Gasteiger partial charge on any atom is 0.0951 e. The van der Waals surface area contributed by atoms with E-state index in [-0.39, 0.29) is 0 Å². The quantitative estimate of drug-likeness (QED) is 0.649. The first-order valence-electron chi connectivity index (χ1n) is 6.73. The molecule has 0 bridgehead atoms. The summed E-state index contributed by atoms with van der Waals surface area (Å²) < 4.78 is 1.09. The summed E-state index contributed by atoms with van der Waals surface area (Å²) in [7, 11) is 0. The zero-order valence-corrected chi connectivity index (χ0v) is 13.5. The number of hydrogen-bond donors (Lipinski definition) is 2. The number of anilines is 3. The predicted molar refractivity (Wildman–Crippen MR) is 93.1 cm³/mol. The Morgan fingerprint density at radius 2 is 1.81 bits per heavy atom. The molecule has 1 aromatic heterocycles. The maximum atomic E-state index is 6.00. The van der Waals surface area contributed by atoms with E-state index in [1.165, 1.54) is 11.1 Å². The fraction of sp³-hybridized carbons (Fsp3) is 0.118. The van der Waals surface area contributed by atoms with Crippen molar-refractivity contribution in [2.75, 3.05) is 11.1 Å². The third-order valence-corrected chi connectivity index (χ3v) is 4.02. The maximum absolute atomic E-state index is 6.00. The number of hydrogen-bond acceptors (Lipinski definition) is 3. The summed E-state index contributed by atoms with van der Waals surface area (Å²) in [6.45, 7) is 4.19. The van der Waals surface area contributed by atoms with E-state index >= 15 is 0 Å². The van der Waals surface area contributed by atoms with Crippen molar-refractivity contribution in [1.29, 1.82) is 0 Å². The molecule has 0 atom stereocenters. The van der Waals surface area contributed by atoms with Crippen LogP contribution in [0.5, 0.6) is 0 Å². The topological polar surface area (TPSA) is 50.9 Å². The molecule has 3 N–H and O–H groups in total. The molecule has 0 spiro atoms. The number of aromatic nitrogens is 1. The molecule has 0 aliphatic heterocycles. The summed E-state index contributed by atoms with van der Waals surface area (Å²) in [4.78, 5) is 4.37. The molecule has 0 unspecified atom stereocenters. The summed E-state index contributed by atoms with van der Waals surface area (Å²) in [6, 6.07) is 12.0. The van der Waals surface area contributed by atoms with Gasteiger partial charge in [0.2, 0.25) is 0 Å². The molecule has 3 rings (SSSR count). The molecular weight excluding hydrogens is 326 g/mol. The monoisotopic (exact) mass is 341 g/mol. The molecule has 0 radical (unpaired) electrons. The lowest BCUT2D eigenvalue weighted by molar-refractivity contribution is 1.34. The Hall–Kier alpha value is -2.07. The van der Waals surface area contributed by atoms with Gasteiger partial charge in [0.05, 0.1) is 11.2 Å². The summed E-state index contributed by atoms with van der Waals surface area (Å²) in [6.07, 6.45) is 1.78. The van der Waals surface area contributed by atoms with Crippen molar-refractivity contribution in [3.63, 3.8) is 0 Å². The van der Waals surface area contributed by atoms with Crippen LogP contribution in [0.1, 0.15) is 11.1 Å². The summed E-state index contributed by atoms with van der Waals surface area (Å²) in [5.41, 5.74) is 12.0. The molecule has 0 aliphatic rings. The average molecular weight is 342 g/mol. The van der Waals surface area contributed by atoms with Crippen LogP contribution < -0.4 is 11.1 Å². The van der Waals surface area contributed by atoms with Crippen molar-refractivity contribution < 1.29 is 0 Å². The highest BCUT2D eigenvalue weighted by Gasteiger charge is 2.08. The molecule has 0 saturated carbocycles. The fourth-order valence-electron chi connectivity index (χ4n) is 2.55. The van der Waals surface area contributed by atoms with Crippen LogP contribution in [0.2, 0.25) is 0 Å². The second-order valence-electron chi connectivity index (χ2n) is 5.14. The van der Waals surface area contributed by atoms with Crippen LogP contribution in [0.4, 0.5) is 17.1 Å². The number of nitrogens with one attached hydrogen (secondary N) is 1. The molecule has 21 heavy (non-hydrogen) atoms. The molecular formula is C17H16BrN3. The molecule has 0 aliphatic carbocycles. The number of nitrogen functional groups attached to an aromatic ring is 1. The Balaban J connectivity index is 2.13. The molecule has 3 aromatic rings. The molecule has 3 nitrogen and oxygen atoms in total. The van der Waals surface area contributed by atoms with Gasteiger partial charge in [0.15, 0.2) is 0 Å². The lowest BCUT2D eigenvalue weighted by atomic mass is 10.1. The Morgan fingerprint density at radius 1 is 1.10 bits per heavy atom. The Labute approximate surface area is 132 Å². The first-order valence-corrected chi connectivity index (χ1v) is 7.52. The van der Waals surface area contributed by atoms with Gasteiger partial charge in [-0.05, 0) is 49.2 Å². The minimum absolute atomic E-state index is 0.695. The zero-order valence-electron chi connectivity index (χ0n) is 11.9. The van der Waals surface area contributed by atoms with Crippen molar-refractivity contribution in [3.05, 3.63) is 58.2 Å². The third-order valence-electron chi connectivity index (χ3n) is 3.56. The number of rotatable bonds is 2. The minimum Gasteiger partial charge on any atom is -0.397 e. The van der Waals surface area contributed by atoms with Gasteiger partial charge >= 0.3 is 0 Å². The van der Waals surface area contributed by atoms with Crippen LogP contribution in [0.25, 0.3) is 10.9 Å². The van der Waals surface area contributed by atoms with Crippen LogP contribution in [-0.4, -0.2) is 4.98 Å². The number of pyridine rings is 1. The number of aryl methyl sites for hydroxylation is 2. The van der Waals surface area contributed by atoms with Gasteiger partial charge < -0.3 is 11.1 Å². The van der Waals surface area contributed by atoms with E-state index in [9.17, 15) is 0 Å². The van der Waals surface area contributed by atoms with E-state index in [0.29, 0.717) is 5.69 Å². The molecule has 0 amide bonds. The normalized spacial score (nSPS) is 10.8. The Kier molecular flexibility index (Phi) is 3.55. The SMILES string of the molecule is Cc1cc(Br)cc(C)c1Nc1ccnc2c(N)cccc12. The molecule has 4 heteroatoms. The minimum atomic E-state index is 0.695. The molecule has 0 fully saturated rings. The summed E-state index contributed by atoms with van der Waals surface area (Å²) >= 11 is 3.53. The number of benzene rings is 2. The number of nitrogens with two attached hydrogens (primary N) is 1. The van der Waals surface area contributed by atoms with Gasteiger partial charge in [0, 0.05) is 27.4 Å². The van der Waals surface area contributed by atoms with Gasteiger partial charge in [-0.3, -0.25) is 4.98 Å². The number of para-hydroxylation sites is 1. The van der Waals surface area contributed by atoms with Crippen molar-refractivity contribution >= 4 is 43.9 Å². The van der Waals surface area contributed by atoms with E-state index in [2.05, 4.69) is 52.2 Å². The highest BCUT2D eigenvalue weighted by molar-refractivity contribution is 9.10. The molecule has 2 aromatic carbocycles. The summed E-state index contributed by atoms with van der Waals surface area (Å²) in [5, 5.41) is 4.55. The second kappa shape index (κ2) is 5.37. The van der Waals surface area contributed by atoms with Gasteiger partial charge in [-0.2, -0.15) is 0 Å². The number of nitrogens with zero attached hydrogens (tertiary/aromatic N) is 1. The lowest BCUT2D eigenvalue weighted by Gasteiger charge is -2.15. The Morgan fingerprint density at radius 3 is 2.52 bits per heavy atom. The number of fused-ring (bicyclic) bond motifs is 1. The summed E-state index contributed by atoms with van der Waals surface area (Å²) in [5.74, 6) is 0. The van der Waals surface area contributed by atoms with Crippen molar-refractivity contribution in [2.45, 2.75) is 13.8 Å². The van der Waals surface area contributed by atoms with Crippen molar-refractivity contribution in [3.8, 4) is 0 Å². The molecule has 106 valence electrons. The van der Waals surface area contributed by atoms with Crippen LogP contribution in [0, 0.1) is 13.8 Å². The highest BCUT2D eigenvalue weighted by atomic mass is 79.9. The van der Waals surface area contributed by atoms with Crippen LogP contribution in [-0.2, 0) is 0 Å². The largest absolute Gasteiger partial charge is 0.397 e. The van der Waals surface area contributed by atoms with Gasteiger partial charge in [0.25, 0.3) is 0 Å². The molecule has 0 saturated heterocycles. The number of halogens is 1. The molecule has 1 heterocycles. The standard InChI is InChI=1S/C17H16BrN3/c1-10-8-12(18)9-11(2)16(10)21-15-6-7-20-17-13(15)4-3-5-14(17)19/h3-9H,19H2,1-2H3,(H,20,21). The van der Waals surface area contributed by atoms with Gasteiger partial charge in [0.1, 0.15) is 0 Å². The van der Waals surface area contributed by atoms with Gasteiger partial charge in [-0.25, -0.2) is 0 Å². The van der Waals surface area contributed by atoms with Crippen molar-refractivity contribution in [2.24, 2.45) is 0 Å². The zero-order chi connectivity index (χ0) is 15.0. The van der Waals surface area contributed by atoms with Gasteiger partial charge in [-0.1, -0.05) is 28.1 Å². The fourth-order valence-corrected chi connectivity index (χ4v) is 3.24. The van der Waals surface area contributed by atoms with Crippen LogP contribution in [0.3, 0.4) is 0 Å². The van der Waals surface area contributed by atoms with E-state index in [1.807, 2.05) is 24.3 Å². The van der Waals surface area contributed by atoms with Crippen molar-refractivity contribution in [1.82, 2.24) is 4.98 Å². The van der Waals surface area contributed by atoms with E-state index in [4.69, 9.17) is 5.73 Å². The van der Waals surface area contributed by atoms with Crippen LogP contribution in [0.15, 0.2) is 47.1 Å². The van der Waals surface area contributed by atoms with E-state index in [1.54, 1.807) is 6.20 Å². The van der Waals surface area contributed by atoms with Gasteiger partial charge in [-0.15, -0.1) is 0 Å². The Bertz CT molecular complexity index is 804. The average Bonchev–Trinajstić information content (AvgIpc) is 2.43.